The minimum absolute atomic E-state index is 0.0913. The van der Waals surface area contributed by atoms with Gasteiger partial charge in [-0.25, -0.2) is 13.1 Å². The van der Waals surface area contributed by atoms with E-state index in [-0.39, 0.29) is 6.54 Å². The number of anilines is 1. The second kappa shape index (κ2) is 7.86. The first-order valence-electron chi connectivity index (χ1n) is 6.61. The van der Waals surface area contributed by atoms with Crippen LogP contribution < -0.4 is 15.5 Å². The Morgan fingerprint density at radius 1 is 1.26 bits per heavy atom. The highest BCUT2D eigenvalue weighted by Gasteiger charge is 2.04. The summed E-state index contributed by atoms with van der Waals surface area (Å²) in [6.45, 7) is 0.0913. The van der Waals surface area contributed by atoms with Gasteiger partial charge in [0.1, 0.15) is 11.5 Å². The van der Waals surface area contributed by atoms with Gasteiger partial charge in [0.05, 0.1) is 19.0 Å². The van der Waals surface area contributed by atoms with Crippen LogP contribution in [0.3, 0.4) is 0 Å². The zero-order valence-corrected chi connectivity index (χ0v) is 13.9. The summed E-state index contributed by atoms with van der Waals surface area (Å²) in [7, 11) is -3.25. The van der Waals surface area contributed by atoms with Gasteiger partial charge in [-0.3, -0.25) is 5.43 Å². The van der Waals surface area contributed by atoms with E-state index in [1.54, 1.807) is 12.1 Å². The van der Waals surface area contributed by atoms with Gasteiger partial charge >= 0.3 is 0 Å². The van der Waals surface area contributed by atoms with Gasteiger partial charge in [0.15, 0.2) is 5.11 Å². The van der Waals surface area contributed by atoms with Gasteiger partial charge in [-0.05, 0) is 36.5 Å². The molecule has 0 bridgehead atoms. The minimum atomic E-state index is -3.25. The summed E-state index contributed by atoms with van der Waals surface area (Å²) in [6, 6.07) is 12.8. The van der Waals surface area contributed by atoms with Crippen LogP contribution in [0.5, 0.6) is 0 Å². The minimum Gasteiger partial charge on any atom is -0.459 e. The van der Waals surface area contributed by atoms with Crippen LogP contribution in [0.2, 0.25) is 0 Å². The number of nitrogens with one attached hydrogen (secondary N) is 3. The molecular weight excluding hydrogens is 336 g/mol. The number of sulfonamides is 1. The molecular formula is C14H16N4O3S2. The lowest BCUT2D eigenvalue weighted by atomic mass is 10.3. The Kier molecular flexibility index (Phi) is 5.85. The van der Waals surface area contributed by atoms with E-state index in [0.717, 1.165) is 11.9 Å². The molecule has 2 rings (SSSR count). The van der Waals surface area contributed by atoms with Gasteiger partial charge in [-0.15, -0.1) is 0 Å². The van der Waals surface area contributed by atoms with Crippen LogP contribution in [0, 0.1) is 0 Å². The number of hydrogen-bond donors (Lipinski definition) is 3. The lowest BCUT2D eigenvalue weighted by molar-refractivity contribution is 0.494. The highest BCUT2D eigenvalue weighted by atomic mass is 32.2. The first kappa shape index (κ1) is 17.1. The Labute approximate surface area is 139 Å². The van der Waals surface area contributed by atoms with E-state index in [1.807, 2.05) is 30.3 Å². The molecule has 0 fully saturated rings. The summed E-state index contributed by atoms with van der Waals surface area (Å²) < 4.78 is 29.7. The molecule has 0 aliphatic heterocycles. The summed E-state index contributed by atoms with van der Waals surface area (Å²) >= 11 is 5.10. The average Bonchev–Trinajstić information content (AvgIpc) is 2.93. The first-order valence-corrected chi connectivity index (χ1v) is 8.91. The van der Waals surface area contributed by atoms with Crippen molar-refractivity contribution in [2.45, 2.75) is 6.54 Å². The van der Waals surface area contributed by atoms with Crippen LogP contribution in [-0.2, 0) is 16.6 Å². The monoisotopic (exact) mass is 352 g/mol. The van der Waals surface area contributed by atoms with E-state index in [9.17, 15) is 8.42 Å². The van der Waals surface area contributed by atoms with Crippen molar-refractivity contribution in [1.82, 2.24) is 10.1 Å². The van der Waals surface area contributed by atoms with Crippen LogP contribution in [0.4, 0.5) is 5.69 Å². The Hall–Kier alpha value is -2.23. The second-order valence-electron chi connectivity index (χ2n) is 4.59. The summed E-state index contributed by atoms with van der Waals surface area (Å²) in [6.07, 6.45) is 2.53. The van der Waals surface area contributed by atoms with Crippen molar-refractivity contribution in [3.05, 3.63) is 54.0 Å². The molecule has 0 spiro atoms. The number of para-hydroxylation sites is 1. The Morgan fingerprint density at radius 3 is 2.70 bits per heavy atom. The van der Waals surface area contributed by atoms with Gasteiger partial charge < -0.3 is 9.73 Å². The van der Waals surface area contributed by atoms with E-state index in [0.29, 0.717) is 16.6 Å². The highest BCUT2D eigenvalue weighted by molar-refractivity contribution is 7.88. The van der Waals surface area contributed by atoms with Gasteiger partial charge in [0, 0.05) is 5.69 Å². The fourth-order valence-corrected chi connectivity index (χ4v) is 2.17. The number of thiocarbonyl (C=S) groups is 1. The predicted octanol–water partition coefficient (Wildman–Crippen LogP) is 1.65. The maximum Gasteiger partial charge on any atom is 0.209 e. The Balaban J connectivity index is 1.81. The van der Waals surface area contributed by atoms with Crippen LogP contribution in [0.15, 0.2) is 52.0 Å². The van der Waals surface area contributed by atoms with Crippen molar-refractivity contribution in [3.63, 3.8) is 0 Å². The maximum atomic E-state index is 11.0. The summed E-state index contributed by atoms with van der Waals surface area (Å²) in [4.78, 5) is 0. The van der Waals surface area contributed by atoms with E-state index >= 15 is 0 Å². The average molecular weight is 352 g/mol. The van der Waals surface area contributed by atoms with E-state index in [2.05, 4.69) is 20.6 Å². The number of benzene rings is 1. The molecule has 0 amide bonds. The zero-order chi connectivity index (χ0) is 16.7. The summed E-state index contributed by atoms with van der Waals surface area (Å²) in [5, 5.41) is 7.26. The fourth-order valence-electron chi connectivity index (χ4n) is 1.60. The maximum absolute atomic E-state index is 11.0. The van der Waals surface area contributed by atoms with Crippen LogP contribution in [0.1, 0.15) is 11.5 Å². The quantitative estimate of drug-likeness (QED) is 0.416. The number of furan rings is 1. The van der Waals surface area contributed by atoms with Crippen molar-refractivity contribution >= 4 is 39.3 Å². The Morgan fingerprint density at radius 2 is 2.00 bits per heavy atom. The lowest BCUT2D eigenvalue weighted by Gasteiger charge is -2.05. The highest BCUT2D eigenvalue weighted by Crippen LogP contribution is 2.06. The van der Waals surface area contributed by atoms with E-state index in [4.69, 9.17) is 16.6 Å². The molecule has 0 unspecified atom stereocenters. The van der Waals surface area contributed by atoms with Crippen molar-refractivity contribution < 1.29 is 12.8 Å². The topological polar surface area (TPSA) is 95.7 Å². The van der Waals surface area contributed by atoms with Gasteiger partial charge in [0.25, 0.3) is 0 Å². The molecule has 122 valence electrons. The number of rotatable bonds is 6. The Bertz CT molecular complexity index is 785. The van der Waals surface area contributed by atoms with E-state index < -0.39 is 10.0 Å². The molecule has 0 saturated carbocycles. The number of hydrogen-bond acceptors (Lipinski definition) is 5. The molecule has 1 heterocycles. The SMILES string of the molecule is CS(=O)(=O)NCc1ccc(/C=N/NC(=S)Nc2ccccc2)o1. The third-order valence-corrected chi connectivity index (χ3v) is 3.44. The molecule has 0 aliphatic rings. The van der Waals surface area contributed by atoms with Crippen molar-refractivity contribution in [1.29, 1.82) is 0 Å². The largest absolute Gasteiger partial charge is 0.459 e. The summed E-state index contributed by atoms with van der Waals surface area (Å²) in [5.74, 6) is 0.965. The molecule has 1 aromatic carbocycles. The normalized spacial score (nSPS) is 11.5. The zero-order valence-electron chi connectivity index (χ0n) is 12.3. The molecule has 7 nitrogen and oxygen atoms in total. The van der Waals surface area contributed by atoms with Gasteiger partial charge in [-0.1, -0.05) is 18.2 Å². The standard InChI is InChI=1S/C14H16N4O3S2/c1-23(19,20)16-10-13-8-7-12(21-13)9-15-18-14(22)17-11-5-3-2-4-6-11/h2-9,16H,10H2,1H3,(H2,17,18,22)/b15-9+. The molecule has 9 heteroatoms. The van der Waals surface area contributed by atoms with Gasteiger partial charge in [-0.2, -0.15) is 5.10 Å². The lowest BCUT2D eigenvalue weighted by Crippen LogP contribution is -2.23. The molecule has 1 aromatic heterocycles. The third kappa shape index (κ3) is 6.59. The smallest absolute Gasteiger partial charge is 0.209 e. The third-order valence-electron chi connectivity index (χ3n) is 2.58. The van der Waals surface area contributed by atoms with Crippen molar-refractivity contribution in [2.75, 3.05) is 11.6 Å². The molecule has 0 atom stereocenters. The molecule has 3 N–H and O–H groups in total. The predicted molar refractivity (Wildman–Crippen MR) is 93.8 cm³/mol. The van der Waals surface area contributed by atoms with Crippen LogP contribution in [-0.4, -0.2) is 26.0 Å². The van der Waals surface area contributed by atoms with Crippen molar-refractivity contribution in [3.8, 4) is 0 Å². The second-order valence-corrected chi connectivity index (χ2v) is 6.83. The fraction of sp³-hybridized carbons (Fsp3) is 0.143. The number of hydrazone groups is 1. The van der Waals surface area contributed by atoms with E-state index in [1.165, 1.54) is 6.21 Å². The van der Waals surface area contributed by atoms with Crippen LogP contribution in [0.25, 0.3) is 0 Å². The first-order chi connectivity index (χ1) is 10.9. The molecule has 23 heavy (non-hydrogen) atoms. The molecule has 0 radical (unpaired) electrons. The van der Waals surface area contributed by atoms with Crippen molar-refractivity contribution in [2.24, 2.45) is 5.10 Å². The molecule has 0 aliphatic carbocycles. The summed E-state index contributed by atoms with van der Waals surface area (Å²) in [5.41, 5.74) is 3.52. The molecule has 0 saturated heterocycles. The number of nitrogens with zero attached hydrogens (tertiary/aromatic N) is 1. The van der Waals surface area contributed by atoms with Gasteiger partial charge in [0.2, 0.25) is 10.0 Å². The van der Waals surface area contributed by atoms with Crippen LogP contribution >= 0.6 is 12.2 Å². The molecule has 2 aromatic rings.